The zero-order valence-corrected chi connectivity index (χ0v) is 43.0. The van der Waals surface area contributed by atoms with Gasteiger partial charge in [0.1, 0.15) is 24.4 Å². The first-order chi connectivity index (χ1) is 32.5. The number of hydrogen-bond acceptors (Lipinski definition) is 13. The minimum atomic E-state index is -5.18. The molecule has 0 radical (unpaired) electrons. The van der Waals surface area contributed by atoms with Crippen LogP contribution >= 0.6 is 0 Å². The summed E-state index contributed by atoms with van der Waals surface area (Å²) in [5.41, 5.74) is 0.278. The van der Waals surface area contributed by atoms with E-state index in [0.717, 1.165) is 44.9 Å². The van der Waals surface area contributed by atoms with Gasteiger partial charge in [-0.15, -0.1) is 0 Å². The van der Waals surface area contributed by atoms with Crippen molar-refractivity contribution in [3.8, 4) is 0 Å². The first kappa shape index (κ1) is 59.8. The Morgan fingerprint density at radius 1 is 0.706 bits per heavy atom. The highest BCUT2D eigenvalue weighted by molar-refractivity contribution is 7.81. The number of esters is 1. The summed E-state index contributed by atoms with van der Waals surface area (Å²) in [4.78, 5) is 27.3. The summed E-state index contributed by atoms with van der Waals surface area (Å²) in [5, 5.41) is 2.98. The zero-order chi connectivity index (χ0) is 49.7. The standard InChI is InChI=1S/C50H85NO15S2/c1-5-7-9-11-13-15-17-19-21-23-25-27-32-36-42(62-48(53)40-34-30-29-31-35-40)41(51-44(52)37-33-28-26-24-22-20-18-16-14-12-10-8-6-2)38-60-49-47(66-68(57,58)59)46-45(64-50(3,4)65-46)43(63-49)39-61-67(54,55)56/h29-32,34-36,41-43,45-47,49H,5-28,33,37-39H2,1-4H3,(H,51,52)(H,54,55,56)(H,57,58,59)/b36-32+/t41-,42+,43+,45-,46-,47+,49+/m0/s1. The molecule has 1 aromatic carbocycles. The Bertz CT molecular complexity index is 1780. The predicted octanol–water partition coefficient (Wildman–Crippen LogP) is 10.7. The quantitative estimate of drug-likeness (QED) is 0.0242. The second-order valence-electron chi connectivity index (χ2n) is 18.8. The zero-order valence-electron chi connectivity index (χ0n) is 41.4. The summed E-state index contributed by atoms with van der Waals surface area (Å²) in [5.74, 6) is -2.36. The molecular formula is C50H85NO15S2. The Kier molecular flexibility index (Phi) is 29.2. The Hall–Kier alpha value is -2.52. The Labute approximate surface area is 408 Å². The number of carbonyl (C=O) groups is 2. The SMILES string of the molecule is CCCCCCCCCCCCC/C=C/[C@@H](OC(=O)c1ccccc1)[C@H](CO[C@@H]1O[C@H](COS(=O)(=O)O)[C@@H]2OC(C)(C)O[C@@H]2[C@H]1OS(=O)(=O)O)NC(=O)CCCCCCCCCCCCCCC. The predicted molar refractivity (Wildman–Crippen MR) is 260 cm³/mol. The number of fused-ring (bicyclic) bond motifs is 1. The fourth-order valence-electron chi connectivity index (χ4n) is 8.68. The van der Waals surface area contributed by atoms with Gasteiger partial charge in [0.05, 0.1) is 24.8 Å². The Morgan fingerprint density at radius 2 is 1.21 bits per heavy atom. The molecule has 3 N–H and O–H groups in total. The van der Waals surface area contributed by atoms with E-state index in [1.54, 1.807) is 36.4 Å². The largest absolute Gasteiger partial charge is 0.452 e. The van der Waals surface area contributed by atoms with Crippen LogP contribution in [0.3, 0.4) is 0 Å². The molecule has 0 spiro atoms. The van der Waals surface area contributed by atoms with E-state index in [1.165, 1.54) is 117 Å². The smallest absolute Gasteiger partial charge is 0.397 e. The molecule has 2 heterocycles. The van der Waals surface area contributed by atoms with Crippen molar-refractivity contribution < 1.29 is 67.6 Å². The fraction of sp³-hybridized carbons (Fsp3) is 0.800. The summed E-state index contributed by atoms with van der Waals surface area (Å²) in [7, 11) is -10.1. The van der Waals surface area contributed by atoms with Gasteiger partial charge >= 0.3 is 26.8 Å². The van der Waals surface area contributed by atoms with E-state index in [0.29, 0.717) is 12.8 Å². The van der Waals surface area contributed by atoms with Crippen LogP contribution in [0.1, 0.15) is 205 Å². The van der Waals surface area contributed by atoms with Crippen LogP contribution < -0.4 is 5.32 Å². The number of carbonyl (C=O) groups excluding carboxylic acids is 2. The maximum Gasteiger partial charge on any atom is 0.397 e. The van der Waals surface area contributed by atoms with Crippen LogP contribution in [0.15, 0.2) is 42.5 Å². The van der Waals surface area contributed by atoms with Gasteiger partial charge < -0.3 is 29.0 Å². The lowest BCUT2D eigenvalue weighted by Gasteiger charge is -2.41. The van der Waals surface area contributed by atoms with E-state index >= 15 is 0 Å². The van der Waals surface area contributed by atoms with Crippen LogP contribution in [0.2, 0.25) is 0 Å². The molecule has 0 aromatic heterocycles. The number of rotatable bonds is 39. The Morgan fingerprint density at radius 3 is 1.72 bits per heavy atom. The van der Waals surface area contributed by atoms with E-state index in [9.17, 15) is 35.5 Å². The van der Waals surface area contributed by atoms with Crippen molar-refractivity contribution in [2.24, 2.45) is 0 Å². The minimum absolute atomic E-state index is 0.184. The second-order valence-corrected chi connectivity index (χ2v) is 20.9. The van der Waals surface area contributed by atoms with Crippen molar-refractivity contribution in [3.63, 3.8) is 0 Å². The molecule has 0 saturated carbocycles. The molecule has 0 unspecified atom stereocenters. The van der Waals surface area contributed by atoms with Crippen molar-refractivity contribution in [1.82, 2.24) is 5.32 Å². The summed E-state index contributed by atoms with van der Waals surface area (Å²) in [6, 6.07) is 7.32. The molecule has 1 amide bonds. The van der Waals surface area contributed by atoms with Crippen molar-refractivity contribution in [1.29, 1.82) is 0 Å². The van der Waals surface area contributed by atoms with E-state index in [-0.39, 0.29) is 17.9 Å². The third kappa shape index (κ3) is 26.1. The number of ether oxygens (including phenoxy) is 5. The van der Waals surface area contributed by atoms with Crippen molar-refractivity contribution >= 4 is 32.7 Å². The maximum absolute atomic E-state index is 13.7. The maximum atomic E-state index is 13.7. The van der Waals surface area contributed by atoms with Crippen LogP contribution in [0, 0.1) is 0 Å². The fourth-order valence-corrected chi connectivity index (χ4v) is 9.47. The number of nitrogens with one attached hydrogen (secondary N) is 1. The van der Waals surface area contributed by atoms with Gasteiger partial charge in [0, 0.05) is 6.42 Å². The van der Waals surface area contributed by atoms with Crippen molar-refractivity contribution in [2.45, 2.75) is 243 Å². The topological polar surface area (TPSA) is 220 Å². The molecule has 2 saturated heterocycles. The minimum Gasteiger partial charge on any atom is -0.452 e. The van der Waals surface area contributed by atoms with Gasteiger partial charge in [0.2, 0.25) is 5.91 Å². The first-order valence-corrected chi connectivity index (χ1v) is 28.4. The average molecular weight is 1000 g/mol. The number of hydrogen-bond donors (Lipinski definition) is 3. The highest BCUT2D eigenvalue weighted by atomic mass is 32.3. The van der Waals surface area contributed by atoms with Crippen molar-refractivity contribution in [2.75, 3.05) is 13.2 Å². The molecule has 2 aliphatic heterocycles. The summed E-state index contributed by atoms with van der Waals surface area (Å²) in [6.45, 7) is 6.23. The molecule has 0 bridgehead atoms. The van der Waals surface area contributed by atoms with Crippen LogP contribution in [0.5, 0.6) is 0 Å². The van der Waals surface area contributed by atoms with Crippen LogP contribution in [0.4, 0.5) is 0 Å². The third-order valence-corrected chi connectivity index (χ3v) is 13.2. The molecule has 16 nitrogen and oxygen atoms in total. The highest BCUT2D eigenvalue weighted by Gasteiger charge is 2.58. The lowest BCUT2D eigenvalue weighted by Crippen LogP contribution is -2.60. The summed E-state index contributed by atoms with van der Waals surface area (Å²) >= 11 is 0. The normalized spacial score (nSPS) is 21.4. The van der Waals surface area contributed by atoms with E-state index in [2.05, 4.69) is 23.3 Å². The van der Waals surface area contributed by atoms with Gasteiger partial charge in [-0.3, -0.25) is 13.9 Å². The lowest BCUT2D eigenvalue weighted by atomic mass is 9.99. The third-order valence-electron chi connectivity index (χ3n) is 12.3. The van der Waals surface area contributed by atoms with Gasteiger partial charge in [-0.1, -0.05) is 179 Å². The van der Waals surface area contributed by atoms with E-state index in [4.69, 9.17) is 27.9 Å². The number of benzene rings is 1. The monoisotopic (exact) mass is 1000 g/mol. The van der Waals surface area contributed by atoms with Crippen LogP contribution in [0.25, 0.3) is 0 Å². The van der Waals surface area contributed by atoms with Crippen molar-refractivity contribution in [3.05, 3.63) is 48.0 Å². The molecule has 392 valence electrons. The van der Waals surface area contributed by atoms with Gasteiger partial charge in [-0.05, 0) is 51.3 Å². The molecule has 2 aliphatic rings. The van der Waals surface area contributed by atoms with Crippen LogP contribution in [-0.4, -0.2) is 99.7 Å². The van der Waals surface area contributed by atoms with Gasteiger partial charge in [-0.2, -0.15) is 16.8 Å². The molecule has 68 heavy (non-hydrogen) atoms. The summed E-state index contributed by atoms with van der Waals surface area (Å²) < 4.78 is 107. The highest BCUT2D eigenvalue weighted by Crippen LogP contribution is 2.40. The number of amides is 1. The summed E-state index contributed by atoms with van der Waals surface area (Å²) in [6.07, 6.45) is 24.1. The average Bonchev–Trinajstić information content (AvgIpc) is 3.62. The molecule has 3 rings (SSSR count). The van der Waals surface area contributed by atoms with Gasteiger partial charge in [0.25, 0.3) is 0 Å². The van der Waals surface area contributed by atoms with E-state index in [1.807, 2.05) is 6.08 Å². The molecule has 18 heteroatoms. The molecule has 0 aliphatic carbocycles. The Balaban J connectivity index is 1.77. The number of allylic oxidation sites excluding steroid dienone is 1. The van der Waals surface area contributed by atoms with Gasteiger partial charge in [0.15, 0.2) is 18.2 Å². The molecule has 1 aromatic rings. The molecule has 2 fully saturated rings. The molecule has 7 atom stereocenters. The second kappa shape index (κ2) is 33.2. The van der Waals surface area contributed by atoms with Crippen LogP contribution in [-0.2, 0) is 57.6 Å². The number of unbranched alkanes of at least 4 members (excludes halogenated alkanes) is 23. The van der Waals surface area contributed by atoms with Gasteiger partial charge in [-0.25, -0.2) is 13.2 Å². The molecular weight excluding hydrogens is 919 g/mol. The van der Waals surface area contributed by atoms with E-state index < -0.39 is 88.6 Å². The lowest BCUT2D eigenvalue weighted by molar-refractivity contribution is -0.277. The first-order valence-electron chi connectivity index (χ1n) is 25.6.